The van der Waals surface area contributed by atoms with E-state index in [0.29, 0.717) is 6.04 Å². The van der Waals surface area contributed by atoms with Gasteiger partial charge in [-0.05, 0) is 38.8 Å². The Hall–Kier alpha value is -0.810. The zero-order chi connectivity index (χ0) is 10.5. The molecule has 2 aliphatic heterocycles. The van der Waals surface area contributed by atoms with Crippen LogP contribution in [0.5, 0.6) is 0 Å². The second kappa shape index (κ2) is 5.32. The van der Waals surface area contributed by atoms with Crippen LogP contribution in [0.25, 0.3) is 0 Å². The van der Waals surface area contributed by atoms with Crippen LogP contribution < -0.4 is 21.3 Å². The van der Waals surface area contributed by atoms with Gasteiger partial charge in [0.2, 0.25) is 0 Å². The third kappa shape index (κ3) is 3.35. The third-order valence-corrected chi connectivity index (χ3v) is 3.01. The number of nitrogens with one attached hydrogen (secondary N) is 4. The van der Waals surface area contributed by atoms with E-state index in [1.54, 1.807) is 0 Å². The lowest BCUT2D eigenvalue weighted by Crippen LogP contribution is -2.53. The van der Waals surface area contributed by atoms with Crippen LogP contribution in [0.4, 0.5) is 4.79 Å². The maximum Gasteiger partial charge on any atom is 0.316 e. The lowest BCUT2D eigenvalue weighted by molar-refractivity contribution is 0.227. The minimum absolute atomic E-state index is 0.0388. The highest BCUT2D eigenvalue weighted by Gasteiger charge is 2.19. The molecule has 2 amide bonds. The number of rotatable bonds is 2. The fourth-order valence-electron chi connectivity index (χ4n) is 2.14. The minimum atomic E-state index is -0.0388. The van der Waals surface area contributed by atoms with Gasteiger partial charge in [0, 0.05) is 12.6 Å². The molecule has 2 aliphatic rings. The molecule has 2 unspecified atom stereocenters. The number of piperidine rings is 1. The van der Waals surface area contributed by atoms with Gasteiger partial charge in [0.15, 0.2) is 0 Å². The van der Waals surface area contributed by atoms with Gasteiger partial charge in [0.05, 0.1) is 6.17 Å². The Bertz CT molecular complexity index is 209. The lowest BCUT2D eigenvalue weighted by atomic mass is 10.1. The van der Waals surface area contributed by atoms with Gasteiger partial charge in [-0.2, -0.15) is 0 Å². The van der Waals surface area contributed by atoms with Crippen molar-refractivity contribution in [3.05, 3.63) is 0 Å². The minimum Gasteiger partial charge on any atom is -0.334 e. The fraction of sp³-hybridized carbons (Fsp3) is 0.900. The number of carbonyl (C=O) groups excluding carboxylic acids is 1. The van der Waals surface area contributed by atoms with Gasteiger partial charge in [-0.1, -0.05) is 0 Å². The summed E-state index contributed by atoms with van der Waals surface area (Å²) < 4.78 is 0. The number of carbonyl (C=O) groups is 1. The summed E-state index contributed by atoms with van der Waals surface area (Å²) in [5.41, 5.74) is 0. The predicted octanol–water partition coefficient (Wildman–Crippen LogP) is -0.253. The van der Waals surface area contributed by atoms with Gasteiger partial charge in [-0.3, -0.25) is 5.32 Å². The van der Waals surface area contributed by atoms with Crippen LogP contribution >= 0.6 is 0 Å². The first-order valence-corrected chi connectivity index (χ1v) is 5.86. The van der Waals surface area contributed by atoms with Crippen molar-refractivity contribution in [2.45, 2.75) is 37.9 Å². The summed E-state index contributed by atoms with van der Waals surface area (Å²) in [5, 5.41) is 12.4. The van der Waals surface area contributed by atoms with Crippen molar-refractivity contribution in [2.75, 3.05) is 19.6 Å². The molecule has 0 aromatic heterocycles. The quantitative estimate of drug-likeness (QED) is 0.510. The van der Waals surface area contributed by atoms with Crippen LogP contribution in [-0.4, -0.2) is 37.9 Å². The van der Waals surface area contributed by atoms with Gasteiger partial charge < -0.3 is 16.0 Å². The number of hydrogen-bond donors (Lipinski definition) is 4. The molecule has 2 saturated heterocycles. The molecule has 2 rings (SSSR count). The highest BCUT2D eigenvalue weighted by molar-refractivity contribution is 5.74. The Morgan fingerprint density at radius 2 is 2.07 bits per heavy atom. The van der Waals surface area contributed by atoms with E-state index in [4.69, 9.17) is 0 Å². The smallest absolute Gasteiger partial charge is 0.316 e. The van der Waals surface area contributed by atoms with Crippen molar-refractivity contribution in [1.82, 2.24) is 21.3 Å². The third-order valence-electron chi connectivity index (χ3n) is 3.01. The first kappa shape index (κ1) is 10.7. The van der Waals surface area contributed by atoms with Crippen LogP contribution in [0.15, 0.2) is 0 Å². The highest BCUT2D eigenvalue weighted by atomic mass is 16.2. The summed E-state index contributed by atoms with van der Waals surface area (Å²) in [6.45, 7) is 2.91. The SMILES string of the molecule is O=C(NC1CCNC1)NC1CCCCN1. The van der Waals surface area contributed by atoms with Crippen LogP contribution in [0.3, 0.4) is 0 Å². The van der Waals surface area contributed by atoms with E-state index >= 15 is 0 Å². The van der Waals surface area contributed by atoms with Gasteiger partial charge in [-0.15, -0.1) is 0 Å². The van der Waals surface area contributed by atoms with E-state index in [2.05, 4.69) is 21.3 Å². The van der Waals surface area contributed by atoms with E-state index < -0.39 is 0 Å². The molecule has 0 aromatic rings. The molecule has 5 nitrogen and oxygen atoms in total. The lowest BCUT2D eigenvalue weighted by Gasteiger charge is -2.25. The Kier molecular flexibility index (Phi) is 3.80. The molecule has 0 saturated carbocycles. The topological polar surface area (TPSA) is 65.2 Å². The van der Waals surface area contributed by atoms with Crippen LogP contribution in [0, 0.1) is 0 Å². The Morgan fingerprint density at radius 3 is 2.73 bits per heavy atom. The van der Waals surface area contributed by atoms with Crippen molar-refractivity contribution in [2.24, 2.45) is 0 Å². The average molecular weight is 212 g/mol. The molecule has 0 spiro atoms. The second-order valence-electron chi connectivity index (χ2n) is 4.31. The van der Waals surface area contributed by atoms with Crippen molar-refractivity contribution in [3.8, 4) is 0 Å². The Labute approximate surface area is 90.4 Å². The van der Waals surface area contributed by atoms with Gasteiger partial charge in [0.1, 0.15) is 0 Å². The molecule has 2 heterocycles. The van der Waals surface area contributed by atoms with Crippen molar-refractivity contribution in [3.63, 3.8) is 0 Å². The van der Waals surface area contributed by atoms with E-state index in [-0.39, 0.29) is 12.2 Å². The largest absolute Gasteiger partial charge is 0.334 e. The molecule has 86 valence electrons. The average Bonchev–Trinajstić information content (AvgIpc) is 2.71. The van der Waals surface area contributed by atoms with Crippen molar-refractivity contribution < 1.29 is 4.79 Å². The van der Waals surface area contributed by atoms with Crippen LogP contribution in [0.1, 0.15) is 25.7 Å². The summed E-state index contributed by atoms with van der Waals surface area (Å²) in [4.78, 5) is 11.6. The molecule has 0 aliphatic carbocycles. The standard InChI is InChI=1S/C10H20N4O/c15-10(13-8-4-6-11-7-8)14-9-3-1-2-5-12-9/h8-9,11-12H,1-7H2,(H2,13,14,15). The second-order valence-corrected chi connectivity index (χ2v) is 4.31. The summed E-state index contributed by atoms with van der Waals surface area (Å²) in [6, 6.07) is 0.261. The monoisotopic (exact) mass is 212 g/mol. The summed E-state index contributed by atoms with van der Waals surface area (Å²) in [6.07, 6.45) is 4.64. The molecule has 0 bridgehead atoms. The number of amides is 2. The Morgan fingerprint density at radius 1 is 1.13 bits per heavy atom. The van der Waals surface area contributed by atoms with E-state index in [9.17, 15) is 4.79 Å². The van der Waals surface area contributed by atoms with Crippen LogP contribution in [-0.2, 0) is 0 Å². The zero-order valence-corrected chi connectivity index (χ0v) is 9.01. The Balaban J connectivity index is 1.66. The maximum atomic E-state index is 11.6. The molecule has 0 radical (unpaired) electrons. The predicted molar refractivity (Wildman–Crippen MR) is 58.6 cm³/mol. The van der Waals surface area contributed by atoms with Crippen LogP contribution in [0.2, 0.25) is 0 Å². The number of hydrogen-bond acceptors (Lipinski definition) is 3. The molecule has 2 atom stereocenters. The molecule has 4 N–H and O–H groups in total. The van der Waals surface area contributed by atoms with Crippen molar-refractivity contribution >= 4 is 6.03 Å². The first-order valence-electron chi connectivity index (χ1n) is 5.86. The normalized spacial score (nSPS) is 31.2. The zero-order valence-electron chi connectivity index (χ0n) is 9.01. The molecule has 15 heavy (non-hydrogen) atoms. The fourth-order valence-corrected chi connectivity index (χ4v) is 2.14. The molecule has 5 heteroatoms. The van der Waals surface area contributed by atoms with Gasteiger partial charge >= 0.3 is 6.03 Å². The maximum absolute atomic E-state index is 11.6. The van der Waals surface area contributed by atoms with Gasteiger partial charge in [-0.25, -0.2) is 4.79 Å². The van der Waals surface area contributed by atoms with E-state index in [1.807, 2.05) is 0 Å². The number of urea groups is 1. The molecule has 0 aromatic carbocycles. The summed E-state index contributed by atoms with van der Waals surface area (Å²) in [5.74, 6) is 0. The van der Waals surface area contributed by atoms with E-state index in [1.165, 1.54) is 12.8 Å². The molecular weight excluding hydrogens is 192 g/mol. The summed E-state index contributed by atoms with van der Waals surface area (Å²) >= 11 is 0. The summed E-state index contributed by atoms with van der Waals surface area (Å²) in [7, 11) is 0. The highest BCUT2D eigenvalue weighted by Crippen LogP contribution is 2.04. The van der Waals surface area contributed by atoms with Crippen molar-refractivity contribution in [1.29, 1.82) is 0 Å². The molecular formula is C10H20N4O. The molecule has 2 fully saturated rings. The van der Waals surface area contributed by atoms with E-state index in [0.717, 1.165) is 32.5 Å². The first-order chi connectivity index (χ1) is 7.34. The van der Waals surface area contributed by atoms with Gasteiger partial charge in [0.25, 0.3) is 0 Å².